The zero-order valence-corrected chi connectivity index (χ0v) is 15.1. The number of ketones is 1. The van der Waals surface area contributed by atoms with E-state index in [1.807, 2.05) is 6.07 Å². The molecule has 3 aromatic rings. The van der Waals surface area contributed by atoms with Crippen LogP contribution in [0.2, 0.25) is 5.02 Å². The lowest BCUT2D eigenvalue weighted by Crippen LogP contribution is -2.02. The number of aryl methyl sites for hydroxylation is 1. The van der Waals surface area contributed by atoms with Gasteiger partial charge in [-0.05, 0) is 31.2 Å². The molecule has 24 heavy (non-hydrogen) atoms. The summed E-state index contributed by atoms with van der Waals surface area (Å²) in [7, 11) is 0. The van der Waals surface area contributed by atoms with Gasteiger partial charge in [0.1, 0.15) is 10.9 Å². The van der Waals surface area contributed by atoms with Crippen LogP contribution in [0.15, 0.2) is 29.3 Å². The largest absolute Gasteiger partial charge is 0.326 e. The van der Waals surface area contributed by atoms with E-state index in [0.29, 0.717) is 27.8 Å². The third kappa shape index (κ3) is 3.44. The monoisotopic (exact) mass is 381 g/mol. The molecule has 0 spiro atoms. The molecular weight excluding hydrogens is 369 g/mol. The molecule has 0 aliphatic rings. The van der Waals surface area contributed by atoms with Gasteiger partial charge in [0.05, 0.1) is 26.6 Å². The Kier molecular flexibility index (Phi) is 5.15. The molecule has 0 fully saturated rings. The van der Waals surface area contributed by atoms with E-state index in [0.717, 1.165) is 4.88 Å². The standard InChI is InChI=1S/C16H13ClFN3OS2/c1-8-20-11-4-3-10(17)15(18)14(11)16(21-8)23-7-12(22)13-5-2-9(6-19)24-13/h2-5H,6-7,19H2,1H3. The SMILES string of the molecule is Cc1nc(SCC(=O)c2ccc(CN)s2)c2c(F)c(Cl)ccc2n1. The molecule has 0 radical (unpaired) electrons. The number of hydrogen-bond donors (Lipinski definition) is 1. The first-order chi connectivity index (χ1) is 11.5. The summed E-state index contributed by atoms with van der Waals surface area (Å²) in [6.45, 7) is 2.13. The minimum Gasteiger partial charge on any atom is -0.326 e. The number of nitrogens with two attached hydrogens (primary N) is 1. The topological polar surface area (TPSA) is 68.9 Å². The molecular formula is C16H13ClFN3OS2. The Morgan fingerprint density at radius 1 is 1.33 bits per heavy atom. The number of halogens is 2. The Morgan fingerprint density at radius 3 is 2.83 bits per heavy atom. The average molecular weight is 382 g/mol. The van der Waals surface area contributed by atoms with Crippen LogP contribution in [0.3, 0.4) is 0 Å². The zero-order valence-electron chi connectivity index (χ0n) is 12.7. The van der Waals surface area contributed by atoms with Crippen LogP contribution in [0.25, 0.3) is 10.9 Å². The molecule has 0 aliphatic heterocycles. The maximum absolute atomic E-state index is 14.4. The Hall–Kier alpha value is -1.54. The molecule has 2 aromatic heterocycles. The molecule has 0 saturated carbocycles. The van der Waals surface area contributed by atoms with Crippen LogP contribution >= 0.6 is 34.7 Å². The van der Waals surface area contributed by atoms with E-state index in [9.17, 15) is 9.18 Å². The molecule has 0 saturated heterocycles. The smallest absolute Gasteiger partial charge is 0.183 e. The van der Waals surface area contributed by atoms with Crippen LogP contribution in [0.4, 0.5) is 4.39 Å². The molecule has 0 atom stereocenters. The molecule has 2 heterocycles. The summed E-state index contributed by atoms with van der Waals surface area (Å²) < 4.78 is 14.4. The van der Waals surface area contributed by atoms with Gasteiger partial charge in [-0.25, -0.2) is 14.4 Å². The lowest BCUT2D eigenvalue weighted by molar-refractivity contribution is 0.102. The van der Waals surface area contributed by atoms with Gasteiger partial charge in [0.25, 0.3) is 0 Å². The summed E-state index contributed by atoms with van der Waals surface area (Å²) in [6.07, 6.45) is 0. The maximum atomic E-state index is 14.4. The summed E-state index contributed by atoms with van der Waals surface area (Å²) in [5.74, 6) is 0.0603. The first-order valence-electron chi connectivity index (χ1n) is 7.06. The second-order valence-electron chi connectivity index (χ2n) is 5.01. The number of Topliss-reactive ketones (excluding diaryl/α,β-unsaturated/α-hetero) is 1. The number of benzene rings is 1. The van der Waals surface area contributed by atoms with Crippen molar-refractivity contribution in [2.75, 3.05) is 5.75 Å². The molecule has 1 aromatic carbocycles. The van der Waals surface area contributed by atoms with E-state index < -0.39 is 5.82 Å². The van der Waals surface area contributed by atoms with E-state index in [1.165, 1.54) is 29.2 Å². The molecule has 8 heteroatoms. The van der Waals surface area contributed by atoms with Crippen molar-refractivity contribution in [3.8, 4) is 0 Å². The molecule has 124 valence electrons. The Bertz CT molecular complexity index is 929. The third-order valence-corrected chi connectivity index (χ3v) is 5.73. The second-order valence-corrected chi connectivity index (χ2v) is 7.55. The second kappa shape index (κ2) is 7.14. The average Bonchev–Trinajstić information content (AvgIpc) is 3.05. The van der Waals surface area contributed by atoms with Crippen LogP contribution in [-0.4, -0.2) is 21.5 Å². The quantitative estimate of drug-likeness (QED) is 0.407. The number of hydrogen-bond acceptors (Lipinski definition) is 6. The van der Waals surface area contributed by atoms with Crippen LogP contribution in [0.5, 0.6) is 0 Å². The lowest BCUT2D eigenvalue weighted by Gasteiger charge is -2.08. The fraction of sp³-hybridized carbons (Fsp3) is 0.188. The number of carbonyl (C=O) groups excluding carboxylic acids is 1. The molecule has 0 unspecified atom stereocenters. The predicted molar refractivity (Wildman–Crippen MR) is 96.5 cm³/mol. The van der Waals surface area contributed by atoms with Crippen molar-refractivity contribution in [1.82, 2.24) is 9.97 Å². The highest BCUT2D eigenvalue weighted by Gasteiger charge is 2.16. The number of carbonyl (C=O) groups is 1. The van der Waals surface area contributed by atoms with Crippen molar-refractivity contribution in [2.24, 2.45) is 5.73 Å². The van der Waals surface area contributed by atoms with Crippen molar-refractivity contribution < 1.29 is 9.18 Å². The van der Waals surface area contributed by atoms with Gasteiger partial charge >= 0.3 is 0 Å². The fourth-order valence-corrected chi connectivity index (χ4v) is 4.22. The number of aromatic nitrogens is 2. The van der Waals surface area contributed by atoms with E-state index in [1.54, 1.807) is 19.1 Å². The van der Waals surface area contributed by atoms with Crippen molar-refractivity contribution in [3.05, 3.63) is 50.7 Å². The van der Waals surface area contributed by atoms with Gasteiger partial charge in [-0.1, -0.05) is 23.4 Å². The van der Waals surface area contributed by atoms with Crippen LogP contribution in [0, 0.1) is 12.7 Å². The molecule has 2 N–H and O–H groups in total. The zero-order chi connectivity index (χ0) is 17.3. The van der Waals surface area contributed by atoms with Crippen LogP contribution < -0.4 is 5.73 Å². The minimum atomic E-state index is -0.564. The van der Waals surface area contributed by atoms with Gasteiger partial charge < -0.3 is 5.73 Å². The summed E-state index contributed by atoms with van der Waals surface area (Å²) in [4.78, 5) is 22.4. The summed E-state index contributed by atoms with van der Waals surface area (Å²) >= 11 is 8.42. The number of fused-ring (bicyclic) bond motifs is 1. The van der Waals surface area contributed by atoms with Crippen molar-refractivity contribution >= 4 is 51.4 Å². The highest BCUT2D eigenvalue weighted by atomic mass is 35.5. The molecule has 0 aliphatic carbocycles. The summed E-state index contributed by atoms with van der Waals surface area (Å²) in [5, 5.41) is 0.676. The normalized spacial score (nSPS) is 11.2. The van der Waals surface area contributed by atoms with Crippen molar-refractivity contribution in [3.63, 3.8) is 0 Å². The fourth-order valence-electron chi connectivity index (χ4n) is 2.19. The Labute approximate surface area is 151 Å². The van der Waals surface area contributed by atoms with Crippen LogP contribution in [-0.2, 0) is 6.54 Å². The van der Waals surface area contributed by atoms with Gasteiger partial charge in [-0.15, -0.1) is 11.3 Å². The van der Waals surface area contributed by atoms with Crippen LogP contribution in [0.1, 0.15) is 20.4 Å². The molecule has 3 rings (SSSR count). The predicted octanol–water partition coefficient (Wildman–Crippen LogP) is 4.23. The minimum absolute atomic E-state index is 0.00831. The maximum Gasteiger partial charge on any atom is 0.183 e. The molecule has 4 nitrogen and oxygen atoms in total. The van der Waals surface area contributed by atoms with Gasteiger partial charge in [0.15, 0.2) is 11.6 Å². The van der Waals surface area contributed by atoms with Gasteiger partial charge in [-0.3, -0.25) is 4.79 Å². The number of rotatable bonds is 5. The van der Waals surface area contributed by atoms with Crippen molar-refractivity contribution in [2.45, 2.75) is 18.5 Å². The van der Waals surface area contributed by atoms with E-state index in [-0.39, 0.29) is 21.9 Å². The van der Waals surface area contributed by atoms with Gasteiger partial charge in [0.2, 0.25) is 0 Å². The van der Waals surface area contributed by atoms with Gasteiger partial charge in [-0.2, -0.15) is 0 Å². The summed E-state index contributed by atoms with van der Waals surface area (Å²) in [6, 6.07) is 6.71. The molecule has 0 bridgehead atoms. The van der Waals surface area contributed by atoms with E-state index in [4.69, 9.17) is 17.3 Å². The highest BCUT2D eigenvalue weighted by Crippen LogP contribution is 2.31. The number of thiophene rings is 1. The highest BCUT2D eigenvalue weighted by molar-refractivity contribution is 8.00. The third-order valence-electron chi connectivity index (χ3n) is 3.31. The van der Waals surface area contributed by atoms with Gasteiger partial charge in [0, 0.05) is 11.4 Å². The van der Waals surface area contributed by atoms with E-state index in [2.05, 4.69) is 9.97 Å². The Morgan fingerprint density at radius 2 is 2.12 bits per heavy atom. The number of thioether (sulfide) groups is 1. The van der Waals surface area contributed by atoms with E-state index >= 15 is 0 Å². The number of nitrogens with zero attached hydrogens (tertiary/aromatic N) is 2. The summed E-state index contributed by atoms with van der Waals surface area (Å²) in [5.41, 5.74) is 6.03. The Balaban J connectivity index is 1.89. The van der Waals surface area contributed by atoms with Crippen molar-refractivity contribution in [1.29, 1.82) is 0 Å². The lowest BCUT2D eigenvalue weighted by atomic mass is 10.2. The molecule has 0 amide bonds. The first kappa shape index (κ1) is 17.3. The first-order valence-corrected chi connectivity index (χ1v) is 9.24.